The van der Waals surface area contributed by atoms with Crippen molar-refractivity contribution in [3.8, 4) is 0 Å². The fraction of sp³-hybridized carbons (Fsp3) is 0. The maximum Gasteiger partial charge on any atom is 4.00 e. The zero-order valence-corrected chi connectivity index (χ0v) is 5.67. The Hall–Kier alpha value is 0.620. The quantitative estimate of drug-likeness (QED) is 0.394. The SMILES string of the molecule is [F-].[F-].[F-].[Hf+4].[OH-]. The molecular weight excluding hydrogens is 251 g/mol. The molecule has 0 saturated carbocycles. The van der Waals surface area contributed by atoms with Crippen molar-refractivity contribution in [3.63, 3.8) is 0 Å². The molecule has 0 aromatic carbocycles. The standard InChI is InChI=1S/3FH.Hf.H2O/h3*1H;;1H2/q;;;+4;/p-4. The van der Waals surface area contributed by atoms with Gasteiger partial charge in [0.1, 0.15) is 0 Å². The Bertz CT molecular complexity index is 6.85. The van der Waals surface area contributed by atoms with Gasteiger partial charge in [-0.2, -0.15) is 0 Å². The number of hydrogen-bond donors (Lipinski definition) is 0. The van der Waals surface area contributed by atoms with Crippen molar-refractivity contribution in [2.75, 3.05) is 0 Å². The van der Waals surface area contributed by atoms with Crippen LogP contribution >= 0.6 is 0 Å². The number of rotatable bonds is 0. The van der Waals surface area contributed by atoms with Gasteiger partial charge in [-0.25, -0.2) is 0 Å². The maximum atomic E-state index is 0. The van der Waals surface area contributed by atoms with Crippen molar-refractivity contribution in [1.82, 2.24) is 0 Å². The molecule has 0 bridgehead atoms. The summed E-state index contributed by atoms with van der Waals surface area (Å²) in [5.74, 6) is 0. The molecule has 1 nitrogen and oxygen atoms in total. The summed E-state index contributed by atoms with van der Waals surface area (Å²) >= 11 is 0. The average Bonchev–Trinajstić information content (AvgIpc) is 0. The van der Waals surface area contributed by atoms with E-state index in [1.807, 2.05) is 0 Å². The molecule has 0 spiro atoms. The molecule has 0 fully saturated rings. The predicted octanol–water partition coefficient (Wildman–Crippen LogP) is -9.17. The first-order valence-electron chi connectivity index (χ1n) is 0. The molecule has 5 heteroatoms. The van der Waals surface area contributed by atoms with Crippen LogP contribution in [0.1, 0.15) is 0 Å². The van der Waals surface area contributed by atoms with Crippen LogP contribution < -0.4 is 14.1 Å². The van der Waals surface area contributed by atoms with E-state index in [1.54, 1.807) is 0 Å². The van der Waals surface area contributed by atoms with Crippen LogP contribution in [0.15, 0.2) is 0 Å². The van der Waals surface area contributed by atoms with Gasteiger partial charge < -0.3 is 19.6 Å². The van der Waals surface area contributed by atoms with Gasteiger partial charge in [0.25, 0.3) is 0 Å². The molecule has 0 amide bonds. The minimum atomic E-state index is 0. The Labute approximate surface area is 45.9 Å². The van der Waals surface area contributed by atoms with Crippen molar-refractivity contribution < 1.29 is 45.4 Å². The summed E-state index contributed by atoms with van der Waals surface area (Å²) in [5.41, 5.74) is 0. The van der Waals surface area contributed by atoms with Crippen LogP contribution in [-0.2, 0) is 25.8 Å². The van der Waals surface area contributed by atoms with E-state index >= 15 is 0 Å². The van der Waals surface area contributed by atoms with Gasteiger partial charge in [-0.3, -0.25) is 0 Å². The third-order valence-electron chi connectivity index (χ3n) is 0. The summed E-state index contributed by atoms with van der Waals surface area (Å²) in [5, 5.41) is 0. The first kappa shape index (κ1) is 312. The molecule has 0 radical (unpaired) electrons. The van der Waals surface area contributed by atoms with Crippen LogP contribution in [0.4, 0.5) is 0 Å². The molecule has 0 saturated heterocycles. The molecule has 0 aliphatic rings. The van der Waals surface area contributed by atoms with Crippen molar-refractivity contribution in [3.05, 3.63) is 0 Å². The second-order valence-corrected chi connectivity index (χ2v) is 0. The van der Waals surface area contributed by atoms with Crippen molar-refractivity contribution in [2.45, 2.75) is 0 Å². The third-order valence-corrected chi connectivity index (χ3v) is 0. The van der Waals surface area contributed by atoms with Crippen molar-refractivity contribution in [2.24, 2.45) is 0 Å². The van der Waals surface area contributed by atoms with E-state index in [0.717, 1.165) is 0 Å². The molecule has 0 aromatic rings. The van der Waals surface area contributed by atoms with Gasteiger partial charge in [0, 0.05) is 0 Å². The zero-order chi connectivity index (χ0) is 0. The van der Waals surface area contributed by atoms with Gasteiger partial charge in [0.05, 0.1) is 0 Å². The normalized spacial score (nSPS) is 0. The fourth-order valence-corrected chi connectivity index (χ4v) is 0. The van der Waals surface area contributed by atoms with Gasteiger partial charge in [-0.15, -0.1) is 0 Å². The second-order valence-electron chi connectivity index (χ2n) is 0. The Morgan fingerprint density at radius 3 is 0.600 bits per heavy atom. The van der Waals surface area contributed by atoms with Crippen LogP contribution in [0.5, 0.6) is 0 Å². The molecule has 0 atom stereocenters. The van der Waals surface area contributed by atoms with Crippen LogP contribution in [-0.4, -0.2) is 5.48 Å². The van der Waals surface area contributed by atoms with E-state index in [9.17, 15) is 0 Å². The summed E-state index contributed by atoms with van der Waals surface area (Å²) in [6.45, 7) is 0. The molecule has 5 heavy (non-hydrogen) atoms. The van der Waals surface area contributed by atoms with E-state index in [-0.39, 0.29) is 45.4 Å². The van der Waals surface area contributed by atoms with E-state index < -0.39 is 0 Å². The summed E-state index contributed by atoms with van der Waals surface area (Å²) in [6.07, 6.45) is 0. The van der Waals surface area contributed by atoms with E-state index in [0.29, 0.717) is 0 Å². The van der Waals surface area contributed by atoms with Gasteiger partial charge >= 0.3 is 25.8 Å². The van der Waals surface area contributed by atoms with Gasteiger partial charge in [0.2, 0.25) is 0 Å². The summed E-state index contributed by atoms with van der Waals surface area (Å²) < 4.78 is 0. The Morgan fingerprint density at radius 2 is 0.600 bits per heavy atom. The van der Waals surface area contributed by atoms with Crippen LogP contribution in [0.25, 0.3) is 0 Å². The second kappa shape index (κ2) is 157. The van der Waals surface area contributed by atoms with Crippen molar-refractivity contribution in [1.29, 1.82) is 0 Å². The van der Waals surface area contributed by atoms with Gasteiger partial charge in [-0.05, 0) is 0 Å². The first-order chi connectivity index (χ1) is 0. The molecule has 1 N–H and O–H groups in total. The molecule has 0 unspecified atom stereocenters. The predicted molar refractivity (Wildman–Crippen MR) is 1.94 cm³/mol. The number of halogens is 3. The molecular formula is HF3HfO. The third kappa shape index (κ3) is 82.5. The summed E-state index contributed by atoms with van der Waals surface area (Å²) in [6, 6.07) is 0. The van der Waals surface area contributed by atoms with Crippen molar-refractivity contribution >= 4 is 0 Å². The Balaban J connectivity index is 0. The van der Waals surface area contributed by atoms with E-state index in [1.165, 1.54) is 0 Å². The smallest absolute Gasteiger partial charge is 1.00 e. The Morgan fingerprint density at radius 1 is 0.600 bits per heavy atom. The Kier molecular flexibility index (Phi) is 9820. The molecule has 0 heterocycles. The maximum absolute atomic E-state index is 0. The van der Waals surface area contributed by atoms with Gasteiger partial charge in [-0.1, -0.05) is 0 Å². The zero-order valence-electron chi connectivity index (χ0n) is 2.08. The first-order valence-corrected chi connectivity index (χ1v) is 0. The fourth-order valence-electron chi connectivity index (χ4n) is 0. The summed E-state index contributed by atoms with van der Waals surface area (Å²) in [7, 11) is 0. The molecule has 32 valence electrons. The van der Waals surface area contributed by atoms with Crippen LogP contribution in [0, 0.1) is 0 Å². The van der Waals surface area contributed by atoms with E-state index in [4.69, 9.17) is 0 Å². The van der Waals surface area contributed by atoms with E-state index in [2.05, 4.69) is 0 Å². The summed E-state index contributed by atoms with van der Waals surface area (Å²) in [4.78, 5) is 0. The monoisotopic (exact) mass is 254 g/mol. The average molecular weight is 252 g/mol. The topological polar surface area (TPSA) is 30.0 Å². The minimum absolute atomic E-state index is 0. The largest absolute Gasteiger partial charge is 4.00 e. The van der Waals surface area contributed by atoms with Crippen LogP contribution in [0.2, 0.25) is 0 Å². The van der Waals surface area contributed by atoms with Gasteiger partial charge in [0.15, 0.2) is 0 Å². The number of hydrogen-bond acceptors (Lipinski definition) is 1. The minimum Gasteiger partial charge on any atom is -1.00 e. The van der Waals surface area contributed by atoms with Crippen LogP contribution in [0.3, 0.4) is 0 Å². The molecule has 0 rings (SSSR count). The molecule has 0 aromatic heterocycles. The molecule has 0 aliphatic heterocycles. The molecule has 0 aliphatic carbocycles.